The third kappa shape index (κ3) is 5.87. The standard InChI is InChI=1S/C28H29N3/c1-22-11-9-17-26(29-22)19-31(20-27-18-10-12-23(2)30-27)21-28(24-13-5-3-6-14-24)25-15-7-4-8-16-25/h3-18,28H,19-21H2,1-2H3. The van der Waals surface area contributed by atoms with Gasteiger partial charge in [0.05, 0.1) is 11.4 Å². The molecule has 2 aromatic carbocycles. The fourth-order valence-electron chi connectivity index (χ4n) is 4.05. The van der Waals surface area contributed by atoms with Crippen LogP contribution in [-0.2, 0) is 13.1 Å². The van der Waals surface area contributed by atoms with E-state index in [-0.39, 0.29) is 5.92 Å². The first-order valence-electron chi connectivity index (χ1n) is 10.8. The van der Waals surface area contributed by atoms with Crippen LogP contribution in [0.4, 0.5) is 0 Å². The summed E-state index contributed by atoms with van der Waals surface area (Å²) in [7, 11) is 0. The van der Waals surface area contributed by atoms with Gasteiger partial charge in [0.25, 0.3) is 0 Å². The van der Waals surface area contributed by atoms with Crippen molar-refractivity contribution < 1.29 is 0 Å². The van der Waals surface area contributed by atoms with E-state index in [1.165, 1.54) is 11.1 Å². The molecule has 0 saturated heterocycles. The fourth-order valence-corrected chi connectivity index (χ4v) is 4.05. The lowest BCUT2D eigenvalue weighted by molar-refractivity contribution is 0.242. The summed E-state index contributed by atoms with van der Waals surface area (Å²) in [6.45, 7) is 6.56. The van der Waals surface area contributed by atoms with E-state index in [4.69, 9.17) is 9.97 Å². The lowest BCUT2D eigenvalue weighted by Gasteiger charge is -2.28. The average molecular weight is 408 g/mol. The first-order chi connectivity index (χ1) is 15.2. The van der Waals surface area contributed by atoms with Crippen LogP contribution in [0.3, 0.4) is 0 Å². The molecule has 0 aliphatic carbocycles. The smallest absolute Gasteiger partial charge is 0.0547 e. The van der Waals surface area contributed by atoms with E-state index in [1.54, 1.807) is 0 Å². The van der Waals surface area contributed by atoms with Gasteiger partial charge in [0.2, 0.25) is 0 Å². The Bertz CT molecular complexity index is 1010. The van der Waals surface area contributed by atoms with Crippen LogP contribution >= 0.6 is 0 Å². The zero-order valence-electron chi connectivity index (χ0n) is 18.3. The minimum absolute atomic E-state index is 0.275. The second-order valence-corrected chi connectivity index (χ2v) is 8.08. The number of hydrogen-bond donors (Lipinski definition) is 0. The molecule has 0 bridgehead atoms. The Kier molecular flexibility index (Phi) is 6.85. The van der Waals surface area contributed by atoms with Crippen molar-refractivity contribution in [3.05, 3.63) is 131 Å². The topological polar surface area (TPSA) is 29.0 Å². The van der Waals surface area contributed by atoms with Gasteiger partial charge in [-0.1, -0.05) is 72.8 Å². The molecule has 0 N–H and O–H groups in total. The number of nitrogens with zero attached hydrogens (tertiary/aromatic N) is 3. The molecule has 0 unspecified atom stereocenters. The molecule has 0 saturated carbocycles. The van der Waals surface area contributed by atoms with Crippen molar-refractivity contribution in [3.63, 3.8) is 0 Å². The summed E-state index contributed by atoms with van der Waals surface area (Å²) in [5, 5.41) is 0. The molecule has 0 amide bonds. The Morgan fingerprint density at radius 2 is 1.03 bits per heavy atom. The quantitative estimate of drug-likeness (QED) is 0.363. The van der Waals surface area contributed by atoms with E-state index in [0.717, 1.165) is 42.4 Å². The Morgan fingerprint density at radius 3 is 1.45 bits per heavy atom. The summed E-state index contributed by atoms with van der Waals surface area (Å²) in [4.78, 5) is 12.0. The van der Waals surface area contributed by atoms with Crippen LogP contribution in [0, 0.1) is 13.8 Å². The highest BCUT2D eigenvalue weighted by Gasteiger charge is 2.19. The molecular weight excluding hydrogens is 378 g/mol. The van der Waals surface area contributed by atoms with Crippen molar-refractivity contribution in [1.29, 1.82) is 0 Å². The summed E-state index contributed by atoms with van der Waals surface area (Å²) in [6, 6.07) is 34.1. The number of benzene rings is 2. The Balaban J connectivity index is 1.66. The number of aryl methyl sites for hydroxylation is 2. The summed E-state index contributed by atoms with van der Waals surface area (Å²) in [5.41, 5.74) is 6.93. The Hall–Kier alpha value is -3.30. The van der Waals surface area contributed by atoms with Crippen LogP contribution in [0.5, 0.6) is 0 Å². The predicted molar refractivity (Wildman–Crippen MR) is 127 cm³/mol. The Morgan fingerprint density at radius 1 is 0.581 bits per heavy atom. The summed E-state index contributed by atoms with van der Waals surface area (Å²) >= 11 is 0. The van der Waals surface area contributed by atoms with Gasteiger partial charge in [-0.25, -0.2) is 0 Å². The van der Waals surface area contributed by atoms with Gasteiger partial charge in [-0.3, -0.25) is 14.9 Å². The molecule has 0 fully saturated rings. The van der Waals surface area contributed by atoms with Crippen LogP contribution in [0.2, 0.25) is 0 Å². The molecule has 2 aromatic heterocycles. The largest absolute Gasteiger partial charge is 0.291 e. The molecule has 4 aromatic rings. The van der Waals surface area contributed by atoms with Crippen LogP contribution < -0.4 is 0 Å². The van der Waals surface area contributed by atoms with Gasteiger partial charge in [0, 0.05) is 36.9 Å². The summed E-state index contributed by atoms with van der Waals surface area (Å²) in [5.74, 6) is 0.275. The minimum atomic E-state index is 0.275. The predicted octanol–water partition coefficient (Wildman–Crippen LogP) is 5.93. The van der Waals surface area contributed by atoms with E-state index in [1.807, 2.05) is 26.0 Å². The van der Waals surface area contributed by atoms with Crippen molar-refractivity contribution in [2.75, 3.05) is 6.54 Å². The van der Waals surface area contributed by atoms with Gasteiger partial charge >= 0.3 is 0 Å². The molecule has 0 atom stereocenters. The second-order valence-electron chi connectivity index (χ2n) is 8.08. The normalized spacial score (nSPS) is 11.2. The maximum absolute atomic E-state index is 4.76. The molecule has 3 nitrogen and oxygen atoms in total. The molecule has 0 aliphatic heterocycles. The maximum Gasteiger partial charge on any atom is 0.0547 e. The van der Waals surface area contributed by atoms with Crippen LogP contribution in [0.15, 0.2) is 97.1 Å². The summed E-state index contributed by atoms with van der Waals surface area (Å²) < 4.78 is 0. The van der Waals surface area contributed by atoms with E-state index in [0.29, 0.717) is 0 Å². The van der Waals surface area contributed by atoms with Gasteiger partial charge in [0.1, 0.15) is 0 Å². The van der Waals surface area contributed by atoms with E-state index in [9.17, 15) is 0 Å². The van der Waals surface area contributed by atoms with Gasteiger partial charge in [-0.2, -0.15) is 0 Å². The van der Waals surface area contributed by atoms with E-state index in [2.05, 4.69) is 89.8 Å². The minimum Gasteiger partial charge on any atom is -0.291 e. The van der Waals surface area contributed by atoms with Gasteiger partial charge in [-0.05, 0) is 49.2 Å². The average Bonchev–Trinajstić information content (AvgIpc) is 2.78. The number of pyridine rings is 2. The molecule has 0 radical (unpaired) electrons. The van der Waals surface area contributed by atoms with Gasteiger partial charge in [0.15, 0.2) is 0 Å². The highest BCUT2D eigenvalue weighted by atomic mass is 15.1. The van der Waals surface area contributed by atoms with Crippen LogP contribution in [0.1, 0.15) is 39.8 Å². The SMILES string of the molecule is Cc1cccc(CN(Cc2cccc(C)n2)CC(c2ccccc2)c2ccccc2)n1. The third-order valence-electron chi connectivity index (χ3n) is 5.51. The molecule has 0 aliphatic rings. The number of aromatic nitrogens is 2. The van der Waals surface area contributed by atoms with Crippen molar-refractivity contribution in [1.82, 2.24) is 14.9 Å². The lowest BCUT2D eigenvalue weighted by Crippen LogP contribution is -2.29. The van der Waals surface area contributed by atoms with Gasteiger partial charge in [-0.15, -0.1) is 0 Å². The molecule has 0 spiro atoms. The number of hydrogen-bond acceptors (Lipinski definition) is 3. The van der Waals surface area contributed by atoms with Crippen LogP contribution in [-0.4, -0.2) is 21.4 Å². The third-order valence-corrected chi connectivity index (χ3v) is 5.51. The lowest BCUT2D eigenvalue weighted by atomic mass is 9.90. The Labute approximate surface area is 185 Å². The zero-order chi connectivity index (χ0) is 21.5. The van der Waals surface area contributed by atoms with E-state index >= 15 is 0 Å². The second kappa shape index (κ2) is 10.1. The maximum atomic E-state index is 4.76. The molecule has 156 valence electrons. The molecule has 4 rings (SSSR count). The first-order valence-corrected chi connectivity index (χ1v) is 10.8. The zero-order valence-corrected chi connectivity index (χ0v) is 18.3. The fraction of sp³-hybridized carbons (Fsp3) is 0.214. The molecule has 31 heavy (non-hydrogen) atoms. The highest BCUT2D eigenvalue weighted by molar-refractivity contribution is 5.33. The summed E-state index contributed by atoms with van der Waals surface area (Å²) in [6.07, 6.45) is 0. The monoisotopic (exact) mass is 407 g/mol. The first kappa shape index (κ1) is 21.0. The van der Waals surface area contributed by atoms with Crippen LogP contribution in [0.25, 0.3) is 0 Å². The molecule has 3 heteroatoms. The highest BCUT2D eigenvalue weighted by Crippen LogP contribution is 2.27. The van der Waals surface area contributed by atoms with Crippen molar-refractivity contribution in [3.8, 4) is 0 Å². The van der Waals surface area contributed by atoms with Crippen molar-refractivity contribution in [2.45, 2.75) is 32.9 Å². The van der Waals surface area contributed by atoms with Crippen molar-refractivity contribution >= 4 is 0 Å². The molecular formula is C28H29N3. The molecule has 2 heterocycles. The number of rotatable bonds is 8. The van der Waals surface area contributed by atoms with Crippen molar-refractivity contribution in [2.24, 2.45) is 0 Å². The van der Waals surface area contributed by atoms with E-state index < -0.39 is 0 Å². The van der Waals surface area contributed by atoms with Gasteiger partial charge < -0.3 is 0 Å².